The van der Waals surface area contributed by atoms with Crippen LogP contribution in [0.5, 0.6) is 0 Å². The number of ether oxygens (including phenoxy) is 1. The molecular formula is C18H22O2. The van der Waals surface area contributed by atoms with E-state index in [1.807, 2.05) is 12.1 Å². The molecule has 1 aliphatic heterocycles. The van der Waals surface area contributed by atoms with Gasteiger partial charge in [0.05, 0.1) is 5.60 Å². The van der Waals surface area contributed by atoms with Gasteiger partial charge in [-0.15, -0.1) is 0 Å². The van der Waals surface area contributed by atoms with Crippen LogP contribution in [0.4, 0.5) is 0 Å². The van der Waals surface area contributed by atoms with Gasteiger partial charge >= 0.3 is 0 Å². The van der Waals surface area contributed by atoms with Gasteiger partial charge in [-0.05, 0) is 43.6 Å². The minimum absolute atomic E-state index is 0.123. The number of carbonyl (C=O) groups excluding carboxylic acids is 1. The van der Waals surface area contributed by atoms with Gasteiger partial charge in [-0.1, -0.05) is 37.1 Å². The number of hydrogen-bond acceptors (Lipinski definition) is 2. The predicted molar refractivity (Wildman–Crippen MR) is 77.8 cm³/mol. The van der Waals surface area contributed by atoms with Crippen LogP contribution in [0.3, 0.4) is 0 Å². The van der Waals surface area contributed by atoms with E-state index in [1.165, 1.54) is 31.2 Å². The van der Waals surface area contributed by atoms with E-state index < -0.39 is 0 Å². The zero-order valence-corrected chi connectivity index (χ0v) is 11.9. The van der Waals surface area contributed by atoms with Crippen molar-refractivity contribution in [3.05, 3.63) is 35.4 Å². The minimum Gasteiger partial charge on any atom is -0.375 e. The molecule has 0 amide bonds. The smallest absolute Gasteiger partial charge is 0.166 e. The normalized spacial score (nSPS) is 31.7. The number of carbonyl (C=O) groups is 1. The Morgan fingerprint density at radius 3 is 2.75 bits per heavy atom. The highest BCUT2D eigenvalue weighted by molar-refractivity contribution is 6.02. The molecule has 0 radical (unpaired) electrons. The van der Waals surface area contributed by atoms with Crippen LogP contribution in [0.2, 0.25) is 0 Å². The molecule has 0 N–H and O–H groups in total. The van der Waals surface area contributed by atoms with E-state index in [4.69, 9.17) is 4.74 Å². The van der Waals surface area contributed by atoms with Crippen molar-refractivity contribution < 1.29 is 9.53 Å². The third kappa shape index (κ3) is 1.93. The van der Waals surface area contributed by atoms with Gasteiger partial charge in [-0.25, -0.2) is 0 Å². The standard InChI is InChI=1S/C18H22O2/c19-17-15-6-2-1-5-13(15)11-16(17)14-7-10-20-18(12-14)8-3-4-9-18/h1-2,5-6,14,16H,3-4,7-12H2. The molecule has 0 bridgehead atoms. The van der Waals surface area contributed by atoms with Crippen molar-refractivity contribution in [2.75, 3.05) is 6.61 Å². The van der Waals surface area contributed by atoms with Gasteiger partial charge in [0.2, 0.25) is 0 Å². The second-order valence-electron chi connectivity index (χ2n) is 6.82. The Balaban J connectivity index is 1.56. The molecule has 1 spiro atoms. The maximum absolute atomic E-state index is 12.7. The van der Waals surface area contributed by atoms with Crippen LogP contribution >= 0.6 is 0 Å². The Labute approximate surface area is 120 Å². The molecule has 2 atom stereocenters. The number of hydrogen-bond donors (Lipinski definition) is 0. The van der Waals surface area contributed by atoms with Crippen molar-refractivity contribution in [1.82, 2.24) is 0 Å². The third-order valence-corrected chi connectivity index (χ3v) is 5.67. The highest BCUT2D eigenvalue weighted by atomic mass is 16.5. The number of Topliss-reactive ketones (excluding diaryl/α,β-unsaturated/α-hetero) is 1. The van der Waals surface area contributed by atoms with Gasteiger partial charge in [0.25, 0.3) is 0 Å². The molecule has 2 heteroatoms. The second kappa shape index (κ2) is 4.70. The summed E-state index contributed by atoms with van der Waals surface area (Å²) in [6.45, 7) is 0.852. The summed E-state index contributed by atoms with van der Waals surface area (Å²) in [5, 5.41) is 0. The van der Waals surface area contributed by atoms with Crippen LogP contribution in [0.15, 0.2) is 24.3 Å². The maximum Gasteiger partial charge on any atom is 0.166 e. The zero-order chi connectivity index (χ0) is 13.6. The van der Waals surface area contributed by atoms with Crippen molar-refractivity contribution >= 4 is 5.78 Å². The summed E-state index contributed by atoms with van der Waals surface area (Å²) in [4.78, 5) is 12.7. The van der Waals surface area contributed by atoms with Crippen LogP contribution in [0.1, 0.15) is 54.4 Å². The van der Waals surface area contributed by atoms with Gasteiger partial charge in [-0.2, -0.15) is 0 Å². The average Bonchev–Trinajstić information content (AvgIpc) is 3.05. The molecule has 2 aliphatic carbocycles. The Hall–Kier alpha value is -1.15. The van der Waals surface area contributed by atoms with Crippen LogP contribution in [-0.4, -0.2) is 18.0 Å². The fourth-order valence-corrected chi connectivity index (χ4v) is 4.63. The summed E-state index contributed by atoms with van der Waals surface area (Å²) in [6, 6.07) is 8.17. The first kappa shape index (κ1) is 12.6. The molecular weight excluding hydrogens is 248 g/mol. The summed E-state index contributed by atoms with van der Waals surface area (Å²) in [7, 11) is 0. The fourth-order valence-electron chi connectivity index (χ4n) is 4.63. The SMILES string of the molecule is O=C1c2ccccc2CC1C1CCOC2(CCCC2)C1. The molecule has 20 heavy (non-hydrogen) atoms. The second-order valence-corrected chi connectivity index (χ2v) is 6.82. The number of fused-ring (bicyclic) bond motifs is 1. The number of benzene rings is 1. The molecule has 2 unspecified atom stereocenters. The van der Waals surface area contributed by atoms with E-state index in [-0.39, 0.29) is 11.5 Å². The summed E-state index contributed by atoms with van der Waals surface area (Å²) in [5.74, 6) is 1.14. The molecule has 1 heterocycles. The first-order valence-electron chi connectivity index (χ1n) is 8.04. The van der Waals surface area contributed by atoms with E-state index in [1.54, 1.807) is 0 Å². The quantitative estimate of drug-likeness (QED) is 0.776. The van der Waals surface area contributed by atoms with Gasteiger partial charge in [0.1, 0.15) is 0 Å². The third-order valence-electron chi connectivity index (χ3n) is 5.67. The van der Waals surface area contributed by atoms with Gasteiger partial charge < -0.3 is 4.74 Å². The summed E-state index contributed by atoms with van der Waals surface area (Å²) < 4.78 is 6.12. The van der Waals surface area contributed by atoms with Crippen LogP contribution in [0.25, 0.3) is 0 Å². The van der Waals surface area contributed by atoms with Crippen molar-refractivity contribution in [3.63, 3.8) is 0 Å². The van der Waals surface area contributed by atoms with Crippen molar-refractivity contribution in [1.29, 1.82) is 0 Å². The maximum atomic E-state index is 12.7. The van der Waals surface area contributed by atoms with Gasteiger partial charge in [-0.3, -0.25) is 4.79 Å². The first-order valence-corrected chi connectivity index (χ1v) is 8.04. The van der Waals surface area contributed by atoms with E-state index in [0.29, 0.717) is 11.7 Å². The molecule has 0 aromatic heterocycles. The lowest BCUT2D eigenvalue weighted by molar-refractivity contribution is -0.0985. The lowest BCUT2D eigenvalue weighted by Gasteiger charge is -2.40. The molecule has 1 saturated carbocycles. The molecule has 2 fully saturated rings. The van der Waals surface area contributed by atoms with Crippen LogP contribution < -0.4 is 0 Å². The monoisotopic (exact) mass is 270 g/mol. The van der Waals surface area contributed by atoms with Crippen molar-refractivity contribution in [2.24, 2.45) is 11.8 Å². The molecule has 1 aromatic carbocycles. The van der Waals surface area contributed by atoms with E-state index in [2.05, 4.69) is 12.1 Å². The largest absolute Gasteiger partial charge is 0.375 e. The molecule has 1 saturated heterocycles. The lowest BCUT2D eigenvalue weighted by Crippen LogP contribution is -2.40. The fraction of sp³-hybridized carbons (Fsp3) is 0.611. The lowest BCUT2D eigenvalue weighted by atomic mass is 9.76. The summed E-state index contributed by atoms with van der Waals surface area (Å²) >= 11 is 0. The van der Waals surface area contributed by atoms with Crippen molar-refractivity contribution in [2.45, 2.75) is 50.5 Å². The number of rotatable bonds is 1. The number of ketones is 1. The molecule has 1 aromatic rings. The Kier molecular flexibility index (Phi) is 2.95. The average molecular weight is 270 g/mol. The topological polar surface area (TPSA) is 26.3 Å². The molecule has 4 rings (SSSR count). The Morgan fingerprint density at radius 1 is 1.15 bits per heavy atom. The van der Waals surface area contributed by atoms with Gasteiger partial charge in [0, 0.05) is 18.1 Å². The summed E-state index contributed by atoms with van der Waals surface area (Å²) in [6.07, 6.45) is 8.13. The molecule has 3 aliphatic rings. The van der Waals surface area contributed by atoms with Crippen LogP contribution in [-0.2, 0) is 11.2 Å². The summed E-state index contributed by atoms with van der Waals surface area (Å²) in [5.41, 5.74) is 2.36. The first-order chi connectivity index (χ1) is 9.77. The zero-order valence-electron chi connectivity index (χ0n) is 11.9. The van der Waals surface area contributed by atoms with Crippen LogP contribution in [0, 0.1) is 11.8 Å². The molecule has 2 nitrogen and oxygen atoms in total. The minimum atomic E-state index is 0.123. The van der Waals surface area contributed by atoms with E-state index in [9.17, 15) is 4.79 Å². The molecule has 106 valence electrons. The van der Waals surface area contributed by atoms with E-state index in [0.717, 1.165) is 31.4 Å². The van der Waals surface area contributed by atoms with Gasteiger partial charge in [0.15, 0.2) is 5.78 Å². The highest BCUT2D eigenvalue weighted by Crippen LogP contribution is 2.46. The Morgan fingerprint density at radius 2 is 1.95 bits per heavy atom. The van der Waals surface area contributed by atoms with E-state index >= 15 is 0 Å². The predicted octanol–water partition coefficient (Wildman–Crippen LogP) is 3.78. The Bertz CT molecular complexity index is 528. The highest BCUT2D eigenvalue weighted by Gasteiger charge is 2.45. The van der Waals surface area contributed by atoms with Crippen molar-refractivity contribution in [3.8, 4) is 0 Å².